The van der Waals surface area contributed by atoms with Gasteiger partial charge in [-0.1, -0.05) is 50.2 Å². The number of ether oxygens (including phenoxy) is 2. The predicted molar refractivity (Wildman–Crippen MR) is 98.5 cm³/mol. The van der Waals surface area contributed by atoms with Crippen molar-refractivity contribution >= 4 is 11.8 Å². The van der Waals surface area contributed by atoms with Gasteiger partial charge in [0.15, 0.2) is 0 Å². The zero-order chi connectivity index (χ0) is 18.8. The number of benzene rings is 2. The summed E-state index contributed by atoms with van der Waals surface area (Å²) < 4.78 is 9.41. The van der Waals surface area contributed by atoms with E-state index in [0.717, 1.165) is 0 Å². The summed E-state index contributed by atoms with van der Waals surface area (Å²) in [6.07, 6.45) is 0. The molecule has 4 heteroatoms. The van der Waals surface area contributed by atoms with Crippen molar-refractivity contribution in [1.82, 2.24) is 0 Å². The maximum atomic E-state index is 11.6. The topological polar surface area (TPSA) is 52.6 Å². The van der Waals surface area contributed by atoms with E-state index in [1.54, 1.807) is 38.5 Å². The van der Waals surface area contributed by atoms with Gasteiger partial charge < -0.3 is 14.3 Å². The predicted octanol–water partition coefficient (Wildman–Crippen LogP) is 4.79. The molecular formula is C20H28O4. The van der Waals surface area contributed by atoms with Gasteiger partial charge in [0.25, 0.3) is 0 Å². The molecule has 0 atom stereocenters. The lowest BCUT2D eigenvalue weighted by molar-refractivity contribution is -0.115. The van der Waals surface area contributed by atoms with E-state index >= 15 is 0 Å². The van der Waals surface area contributed by atoms with Crippen molar-refractivity contribution in [2.75, 3.05) is 14.2 Å². The van der Waals surface area contributed by atoms with E-state index in [4.69, 9.17) is 4.74 Å². The van der Waals surface area contributed by atoms with Crippen LogP contribution in [0.25, 0.3) is 0 Å². The average Bonchev–Trinajstić information content (AvgIpc) is 2.59. The molecular weight excluding hydrogens is 304 g/mol. The van der Waals surface area contributed by atoms with E-state index in [2.05, 4.69) is 4.74 Å². The Bertz CT molecular complexity index is 532. The van der Waals surface area contributed by atoms with Gasteiger partial charge in [0.1, 0.15) is 11.5 Å². The highest BCUT2D eigenvalue weighted by Gasteiger charge is 2.06. The molecule has 0 saturated heterocycles. The van der Waals surface area contributed by atoms with E-state index in [9.17, 15) is 9.59 Å². The molecule has 0 bridgehead atoms. The van der Waals surface area contributed by atoms with Crippen LogP contribution in [-0.4, -0.2) is 26.0 Å². The molecule has 0 radical (unpaired) electrons. The van der Waals surface area contributed by atoms with Crippen molar-refractivity contribution in [2.45, 2.75) is 27.7 Å². The van der Waals surface area contributed by atoms with Crippen LogP contribution in [-0.2, 0) is 9.53 Å². The van der Waals surface area contributed by atoms with Crippen molar-refractivity contribution in [2.24, 2.45) is 0 Å². The highest BCUT2D eigenvalue weighted by atomic mass is 16.5. The van der Waals surface area contributed by atoms with Gasteiger partial charge in [-0.3, -0.25) is 0 Å². The summed E-state index contributed by atoms with van der Waals surface area (Å²) in [6, 6.07) is 18.0. The van der Waals surface area contributed by atoms with Crippen molar-refractivity contribution < 1.29 is 19.1 Å². The van der Waals surface area contributed by atoms with Gasteiger partial charge in [-0.05, 0) is 38.1 Å². The zero-order valence-corrected chi connectivity index (χ0v) is 15.4. The first-order valence-corrected chi connectivity index (χ1v) is 7.70. The van der Waals surface area contributed by atoms with Gasteiger partial charge in [0, 0.05) is 14.2 Å². The molecule has 0 heterocycles. The number of esters is 1. The maximum Gasteiger partial charge on any atom is 0.343 e. The quantitative estimate of drug-likeness (QED) is 0.586. The number of hydrogen-bond donors (Lipinski definition) is 0. The van der Waals surface area contributed by atoms with Crippen LogP contribution in [0.15, 0.2) is 60.7 Å². The molecule has 0 unspecified atom stereocenters. The molecule has 0 aliphatic carbocycles. The highest BCUT2D eigenvalue weighted by Crippen LogP contribution is 2.11. The lowest BCUT2D eigenvalue weighted by atomic mass is 10.2. The molecule has 0 amide bonds. The molecule has 4 nitrogen and oxygen atoms in total. The second-order valence-electron chi connectivity index (χ2n) is 4.39. The van der Waals surface area contributed by atoms with Crippen LogP contribution in [0.2, 0.25) is 0 Å². The molecule has 132 valence electrons. The Morgan fingerprint density at radius 3 is 1.46 bits per heavy atom. The summed E-state index contributed by atoms with van der Waals surface area (Å²) in [5.41, 5.74) is 0.557. The number of methoxy groups -OCH3 is 1. The van der Waals surface area contributed by atoms with E-state index in [1.165, 1.54) is 13.8 Å². The number of hydrogen-bond acceptors (Lipinski definition) is 4. The summed E-state index contributed by atoms with van der Waals surface area (Å²) in [7, 11) is 3.25. The molecule has 0 aliphatic heterocycles. The van der Waals surface area contributed by atoms with Crippen LogP contribution >= 0.6 is 0 Å². The smallest absolute Gasteiger partial charge is 0.343 e. The maximum absolute atomic E-state index is 11.6. The standard InChI is InChI=1S/C13H10O2.C3H6O.C2H6O.C2H6/c14-13(11-7-3-1-4-8-11)15-12-9-5-2-6-10-12;1-3(2)4;1-3-2;1-2/h1-10H;1-2H3;1-2H3;1-2H3. The van der Waals surface area contributed by atoms with Crippen molar-refractivity contribution in [3.63, 3.8) is 0 Å². The fourth-order valence-corrected chi connectivity index (χ4v) is 1.23. The fourth-order valence-electron chi connectivity index (χ4n) is 1.23. The third-order valence-electron chi connectivity index (χ3n) is 1.96. The Morgan fingerprint density at radius 1 is 0.750 bits per heavy atom. The Morgan fingerprint density at radius 2 is 1.08 bits per heavy atom. The van der Waals surface area contributed by atoms with Crippen LogP contribution in [0.5, 0.6) is 5.75 Å². The fraction of sp³-hybridized carbons (Fsp3) is 0.300. The Balaban J connectivity index is 0. The average molecular weight is 332 g/mol. The van der Waals surface area contributed by atoms with Gasteiger partial charge in [0.2, 0.25) is 0 Å². The largest absolute Gasteiger partial charge is 0.423 e. The number of rotatable bonds is 2. The molecule has 0 saturated carbocycles. The summed E-state index contributed by atoms with van der Waals surface area (Å²) in [4.78, 5) is 21.0. The number of Topliss-reactive ketones (excluding diaryl/α,β-unsaturated/α-hetero) is 1. The van der Waals surface area contributed by atoms with Crippen molar-refractivity contribution in [1.29, 1.82) is 0 Å². The third-order valence-corrected chi connectivity index (χ3v) is 1.96. The Labute approximate surface area is 145 Å². The number of carbonyl (C=O) groups excluding carboxylic acids is 2. The molecule has 0 aromatic heterocycles. The lowest BCUT2D eigenvalue weighted by Crippen LogP contribution is -2.07. The summed E-state index contributed by atoms with van der Waals surface area (Å²) in [5.74, 6) is 0.396. The molecule has 2 aromatic carbocycles. The minimum atomic E-state index is -0.332. The molecule has 0 spiro atoms. The number of carbonyl (C=O) groups is 2. The highest BCUT2D eigenvalue weighted by molar-refractivity contribution is 5.90. The minimum Gasteiger partial charge on any atom is -0.423 e. The first kappa shape index (κ1) is 23.8. The van der Waals surface area contributed by atoms with Gasteiger partial charge in [-0.15, -0.1) is 0 Å². The molecule has 0 N–H and O–H groups in total. The van der Waals surface area contributed by atoms with Crippen molar-refractivity contribution in [3.8, 4) is 5.75 Å². The second-order valence-corrected chi connectivity index (χ2v) is 4.39. The molecule has 0 fully saturated rings. The third kappa shape index (κ3) is 14.5. The molecule has 2 aromatic rings. The van der Waals surface area contributed by atoms with E-state index in [-0.39, 0.29) is 11.8 Å². The first-order chi connectivity index (χ1) is 11.5. The van der Waals surface area contributed by atoms with Gasteiger partial charge in [0.05, 0.1) is 5.56 Å². The molecule has 2 rings (SSSR count). The number of ketones is 1. The second kappa shape index (κ2) is 16.9. The van der Waals surface area contributed by atoms with E-state index in [1.807, 2.05) is 50.2 Å². The first-order valence-electron chi connectivity index (χ1n) is 7.70. The summed E-state index contributed by atoms with van der Waals surface area (Å²) in [6.45, 7) is 7.06. The summed E-state index contributed by atoms with van der Waals surface area (Å²) in [5, 5.41) is 0. The minimum absolute atomic E-state index is 0.167. The van der Waals surface area contributed by atoms with Crippen LogP contribution in [0, 0.1) is 0 Å². The molecule has 0 aliphatic rings. The lowest BCUT2D eigenvalue weighted by Gasteiger charge is -2.02. The van der Waals surface area contributed by atoms with Crippen LogP contribution in [0.3, 0.4) is 0 Å². The number of para-hydroxylation sites is 1. The monoisotopic (exact) mass is 332 g/mol. The van der Waals surface area contributed by atoms with Gasteiger partial charge in [-0.25, -0.2) is 4.79 Å². The van der Waals surface area contributed by atoms with Crippen LogP contribution in [0.4, 0.5) is 0 Å². The normalized spacial score (nSPS) is 8.08. The van der Waals surface area contributed by atoms with E-state index in [0.29, 0.717) is 11.3 Å². The SMILES string of the molecule is CC.CC(C)=O.COC.O=C(Oc1ccccc1)c1ccccc1. The van der Waals surface area contributed by atoms with Crippen LogP contribution in [0.1, 0.15) is 38.1 Å². The summed E-state index contributed by atoms with van der Waals surface area (Å²) >= 11 is 0. The Hall–Kier alpha value is -2.46. The Kier molecular flexibility index (Phi) is 16.8. The zero-order valence-electron chi connectivity index (χ0n) is 15.4. The van der Waals surface area contributed by atoms with Crippen LogP contribution < -0.4 is 4.74 Å². The molecule has 24 heavy (non-hydrogen) atoms. The van der Waals surface area contributed by atoms with Crippen molar-refractivity contribution in [3.05, 3.63) is 66.2 Å². The van der Waals surface area contributed by atoms with E-state index < -0.39 is 0 Å². The van der Waals surface area contributed by atoms with Gasteiger partial charge >= 0.3 is 5.97 Å². The van der Waals surface area contributed by atoms with Gasteiger partial charge in [-0.2, -0.15) is 0 Å².